The molecule has 1 fully saturated rings. The first-order valence-corrected chi connectivity index (χ1v) is 9.85. The molecule has 0 spiro atoms. The molecule has 1 aliphatic rings. The van der Waals surface area contributed by atoms with Gasteiger partial charge in [-0.15, -0.1) is 0 Å². The summed E-state index contributed by atoms with van der Waals surface area (Å²) < 4.78 is 6.03. The number of amides is 2. The highest BCUT2D eigenvalue weighted by molar-refractivity contribution is 9.11. The fourth-order valence-electron chi connectivity index (χ4n) is 2.96. The van der Waals surface area contributed by atoms with Gasteiger partial charge in [0, 0.05) is 23.6 Å². The summed E-state index contributed by atoms with van der Waals surface area (Å²) in [6, 6.07) is 1.33. The molecule has 2 amide bonds. The number of carbonyl (C=O) groups excluding carboxylic acids is 2. The number of hydrogen-bond donors (Lipinski definition) is 1. The Morgan fingerprint density at radius 2 is 2.33 bits per heavy atom. The number of likely N-dealkylation sites (tertiary alicyclic amines) is 1. The Balaban J connectivity index is 1.86. The van der Waals surface area contributed by atoms with Crippen molar-refractivity contribution in [3.63, 3.8) is 0 Å². The van der Waals surface area contributed by atoms with Gasteiger partial charge in [-0.25, -0.2) is 0 Å². The van der Waals surface area contributed by atoms with Crippen LogP contribution in [0.15, 0.2) is 46.0 Å². The third-order valence-corrected chi connectivity index (χ3v) is 4.87. The highest BCUT2D eigenvalue weighted by Crippen LogP contribution is 2.19. The van der Waals surface area contributed by atoms with E-state index in [1.54, 1.807) is 17.0 Å². The fourth-order valence-corrected chi connectivity index (χ4v) is 3.30. The number of carbonyl (C=O) groups is 2. The maximum atomic E-state index is 12.6. The lowest BCUT2D eigenvalue weighted by molar-refractivity contribution is -0.138. The minimum Gasteiger partial charge on any atom is -0.361 e. The molecule has 1 aromatic heterocycles. The van der Waals surface area contributed by atoms with Gasteiger partial charge in [-0.1, -0.05) is 52.8 Å². The zero-order valence-electron chi connectivity index (χ0n) is 15.8. The van der Waals surface area contributed by atoms with Gasteiger partial charge in [-0.3, -0.25) is 9.59 Å². The van der Waals surface area contributed by atoms with Crippen LogP contribution in [0.5, 0.6) is 0 Å². The molecule has 0 saturated carbocycles. The van der Waals surface area contributed by atoms with Crippen LogP contribution in [0.1, 0.15) is 31.2 Å². The number of nitrogens with zero attached hydrogens (tertiary/aromatic N) is 2. The van der Waals surface area contributed by atoms with Crippen molar-refractivity contribution >= 4 is 27.7 Å². The van der Waals surface area contributed by atoms with Crippen molar-refractivity contribution in [1.29, 1.82) is 0 Å². The zero-order chi connectivity index (χ0) is 19.8. The number of aromatic nitrogens is 1. The van der Waals surface area contributed by atoms with E-state index in [4.69, 9.17) is 4.52 Å². The Kier molecular flexibility index (Phi) is 8.03. The van der Waals surface area contributed by atoms with Gasteiger partial charge in [-0.2, -0.15) is 0 Å². The van der Waals surface area contributed by atoms with Crippen LogP contribution >= 0.6 is 15.9 Å². The fraction of sp³-hybridized carbons (Fsp3) is 0.450. The van der Waals surface area contributed by atoms with E-state index in [0.717, 1.165) is 16.6 Å². The monoisotopic (exact) mass is 435 g/mol. The second kappa shape index (κ2) is 10.3. The average molecular weight is 436 g/mol. The summed E-state index contributed by atoms with van der Waals surface area (Å²) in [4.78, 5) is 26.8. The molecule has 0 bridgehead atoms. The van der Waals surface area contributed by atoms with Crippen molar-refractivity contribution in [3.8, 4) is 0 Å². The summed E-state index contributed by atoms with van der Waals surface area (Å²) in [5, 5.41) is 6.75. The van der Waals surface area contributed by atoms with Gasteiger partial charge < -0.3 is 14.7 Å². The summed E-state index contributed by atoms with van der Waals surface area (Å²) in [5.74, 6) is 0.494. The lowest BCUT2D eigenvalue weighted by atomic mass is 10.1. The van der Waals surface area contributed by atoms with Crippen LogP contribution in [0, 0.1) is 12.8 Å². The molecule has 1 saturated heterocycles. The minimum absolute atomic E-state index is 0.101. The molecule has 0 aliphatic carbocycles. The quantitative estimate of drug-likeness (QED) is 0.635. The Morgan fingerprint density at radius 1 is 1.56 bits per heavy atom. The minimum atomic E-state index is -0.412. The zero-order valence-corrected chi connectivity index (χ0v) is 17.4. The van der Waals surface area contributed by atoms with Crippen molar-refractivity contribution in [3.05, 3.63) is 52.9 Å². The first-order valence-electron chi connectivity index (χ1n) is 9.06. The molecule has 0 aromatic carbocycles. The first-order chi connectivity index (χ1) is 12.9. The van der Waals surface area contributed by atoms with Crippen molar-refractivity contribution in [2.45, 2.75) is 39.2 Å². The largest absolute Gasteiger partial charge is 0.361 e. The predicted molar refractivity (Wildman–Crippen MR) is 108 cm³/mol. The van der Waals surface area contributed by atoms with Crippen molar-refractivity contribution in [1.82, 2.24) is 15.4 Å². The Hall–Kier alpha value is -2.15. The smallest absolute Gasteiger partial charge is 0.242 e. The van der Waals surface area contributed by atoms with Crippen LogP contribution in [-0.4, -0.2) is 41.0 Å². The first kappa shape index (κ1) is 21.2. The molecule has 1 N–H and O–H groups in total. The van der Waals surface area contributed by atoms with Crippen molar-refractivity contribution < 1.29 is 14.1 Å². The summed E-state index contributed by atoms with van der Waals surface area (Å²) in [6.45, 7) is 8.59. The Morgan fingerprint density at radius 3 is 3.00 bits per heavy atom. The Bertz CT molecular complexity index is 739. The van der Waals surface area contributed by atoms with Crippen LogP contribution in [-0.2, 0) is 16.0 Å². The Labute approximate surface area is 168 Å². The summed E-state index contributed by atoms with van der Waals surface area (Å²) in [6.07, 6.45) is 9.14. The third kappa shape index (κ3) is 6.50. The van der Waals surface area contributed by atoms with Gasteiger partial charge in [-0.05, 0) is 31.8 Å². The number of allylic oxidation sites excluding steroid dienone is 4. The molecule has 1 aliphatic heterocycles. The van der Waals surface area contributed by atoms with Crippen molar-refractivity contribution in [2.75, 3.05) is 13.1 Å². The summed E-state index contributed by atoms with van der Waals surface area (Å²) in [5.41, 5.74) is 0.741. The molecular formula is C20H26BrN3O3. The van der Waals surface area contributed by atoms with E-state index in [9.17, 15) is 9.59 Å². The second-order valence-electron chi connectivity index (χ2n) is 6.73. The number of hydrogen-bond acceptors (Lipinski definition) is 4. The molecule has 27 heavy (non-hydrogen) atoms. The molecule has 6 nitrogen and oxygen atoms in total. The topological polar surface area (TPSA) is 75.4 Å². The van der Waals surface area contributed by atoms with E-state index >= 15 is 0 Å². The number of aryl methyl sites for hydroxylation is 1. The van der Waals surface area contributed by atoms with Crippen LogP contribution in [0.2, 0.25) is 0 Å². The maximum Gasteiger partial charge on any atom is 0.242 e. The van der Waals surface area contributed by atoms with Crippen LogP contribution < -0.4 is 5.32 Å². The van der Waals surface area contributed by atoms with Gasteiger partial charge in [0.25, 0.3) is 0 Å². The molecule has 2 atom stereocenters. The number of rotatable bonds is 8. The number of nitrogens with one attached hydrogen (secondary N) is 1. The summed E-state index contributed by atoms with van der Waals surface area (Å²) in [7, 11) is 0. The van der Waals surface area contributed by atoms with E-state index in [2.05, 4.69) is 33.0 Å². The lowest BCUT2D eigenvalue weighted by Gasteiger charge is -2.24. The highest BCUT2D eigenvalue weighted by atomic mass is 79.9. The van der Waals surface area contributed by atoms with Gasteiger partial charge in [0.2, 0.25) is 11.8 Å². The molecule has 146 valence electrons. The molecule has 0 radical (unpaired) electrons. The second-order valence-corrected chi connectivity index (χ2v) is 7.64. The molecule has 2 heterocycles. The molecule has 7 heteroatoms. The molecular weight excluding hydrogens is 410 g/mol. The lowest BCUT2D eigenvalue weighted by Crippen LogP contribution is -2.47. The van der Waals surface area contributed by atoms with Crippen LogP contribution in [0.4, 0.5) is 0 Å². The standard InChI is InChI=1S/C20H26BrN3O3/c1-4-6-16(21)9-8-14(2)13-22-20(26)18-7-5-10-24(18)19(25)12-17-11-15(3)23-27-17/h4,6,8-9,11,14,18H,1,5,7,10,12-13H2,2-3H3,(H,22,26)/b9-8-,16-6+. The van der Waals surface area contributed by atoms with Crippen LogP contribution in [0.3, 0.4) is 0 Å². The molecule has 1 aromatic rings. The van der Waals surface area contributed by atoms with Gasteiger partial charge in [0.05, 0.1) is 12.1 Å². The SMILES string of the molecule is C=C/C=C(Br)\C=C/C(C)CNC(=O)C1CCCN1C(=O)Cc1cc(C)no1. The normalized spacial score (nSPS) is 18.7. The van der Waals surface area contributed by atoms with Gasteiger partial charge >= 0.3 is 0 Å². The van der Waals surface area contributed by atoms with Gasteiger partial charge in [0.1, 0.15) is 11.8 Å². The van der Waals surface area contributed by atoms with E-state index in [1.165, 1.54) is 0 Å². The van der Waals surface area contributed by atoms with Crippen molar-refractivity contribution in [2.24, 2.45) is 5.92 Å². The van der Waals surface area contributed by atoms with E-state index in [1.807, 2.05) is 32.1 Å². The van der Waals surface area contributed by atoms with E-state index < -0.39 is 6.04 Å². The highest BCUT2D eigenvalue weighted by Gasteiger charge is 2.34. The molecule has 2 rings (SSSR count). The summed E-state index contributed by atoms with van der Waals surface area (Å²) >= 11 is 3.41. The van der Waals surface area contributed by atoms with E-state index in [0.29, 0.717) is 25.3 Å². The van der Waals surface area contributed by atoms with Crippen LogP contribution in [0.25, 0.3) is 0 Å². The molecule has 2 unspecified atom stereocenters. The van der Waals surface area contributed by atoms with E-state index in [-0.39, 0.29) is 24.2 Å². The average Bonchev–Trinajstić information content (AvgIpc) is 3.27. The predicted octanol–water partition coefficient (Wildman–Crippen LogP) is 3.29. The maximum absolute atomic E-state index is 12.6. The number of halogens is 1. The van der Waals surface area contributed by atoms with Gasteiger partial charge in [0.15, 0.2) is 0 Å². The third-order valence-electron chi connectivity index (χ3n) is 4.34.